The predicted octanol–water partition coefficient (Wildman–Crippen LogP) is 3.48. The van der Waals surface area contributed by atoms with Gasteiger partial charge in [-0.1, -0.05) is 18.2 Å². The Balaban J connectivity index is 1.96. The highest BCUT2D eigenvalue weighted by molar-refractivity contribution is 5.87. The van der Waals surface area contributed by atoms with Gasteiger partial charge in [0.05, 0.1) is 0 Å². The first-order valence-electron chi connectivity index (χ1n) is 8.04. The second kappa shape index (κ2) is 4.62. The molecule has 1 aromatic heterocycles. The lowest BCUT2D eigenvalue weighted by Crippen LogP contribution is -2.44. The number of aromatic nitrogens is 1. The average Bonchev–Trinajstić information content (AvgIpc) is 2.90. The first-order valence-corrected chi connectivity index (χ1v) is 8.04. The van der Waals surface area contributed by atoms with E-state index in [4.69, 9.17) is 0 Å². The highest BCUT2D eigenvalue weighted by Gasteiger charge is 2.44. The number of carbonyl (C=O) groups is 1. The third-order valence-corrected chi connectivity index (χ3v) is 5.63. The van der Waals surface area contributed by atoms with Gasteiger partial charge in [-0.25, -0.2) is 0 Å². The van der Waals surface area contributed by atoms with Crippen molar-refractivity contribution in [2.24, 2.45) is 0 Å². The highest BCUT2D eigenvalue weighted by Crippen LogP contribution is 2.53. The van der Waals surface area contributed by atoms with Crippen molar-refractivity contribution in [2.45, 2.75) is 50.6 Å². The number of benzene rings is 1. The molecule has 0 saturated heterocycles. The summed E-state index contributed by atoms with van der Waals surface area (Å²) in [5.74, 6) is 1.13. The molecule has 2 aromatic rings. The molecular formula is C18H22N2O. The Morgan fingerprint density at radius 1 is 1.33 bits per heavy atom. The van der Waals surface area contributed by atoms with Crippen LogP contribution in [0.5, 0.6) is 0 Å². The lowest BCUT2D eigenvalue weighted by Gasteiger charge is -2.45. The van der Waals surface area contributed by atoms with Crippen LogP contribution in [0.2, 0.25) is 0 Å². The van der Waals surface area contributed by atoms with E-state index in [1.807, 2.05) is 11.9 Å². The molecule has 3 heteroatoms. The van der Waals surface area contributed by atoms with E-state index in [2.05, 4.69) is 35.8 Å². The largest absolute Gasteiger partial charge is 0.345 e. The summed E-state index contributed by atoms with van der Waals surface area (Å²) in [7, 11) is 1.94. The number of likely N-dealkylation sites (N-methyl/N-ethyl adjacent to an activating group) is 1. The number of hydrogen-bond donors (Lipinski definition) is 0. The molecule has 1 aromatic carbocycles. The number of para-hydroxylation sites is 1. The maximum atomic E-state index is 11.2. The molecule has 5 rings (SSSR count). The SMILES string of the molecule is CCn1c2c(c3ccccc31)C1CCC2C(N(C)C=O)C1. The summed E-state index contributed by atoms with van der Waals surface area (Å²) in [6.07, 6.45) is 4.63. The number of amides is 1. The van der Waals surface area contributed by atoms with E-state index in [1.165, 1.54) is 29.4 Å². The van der Waals surface area contributed by atoms with Crippen LogP contribution in [-0.4, -0.2) is 29.0 Å². The Labute approximate surface area is 125 Å². The smallest absolute Gasteiger partial charge is 0.209 e. The number of rotatable bonds is 3. The summed E-state index contributed by atoms with van der Waals surface area (Å²) in [5, 5.41) is 1.44. The molecule has 3 atom stereocenters. The molecule has 110 valence electrons. The molecule has 3 aliphatic carbocycles. The molecule has 1 amide bonds. The fourth-order valence-corrected chi connectivity index (χ4v) is 4.78. The zero-order chi connectivity index (χ0) is 14.6. The number of nitrogens with zero attached hydrogens (tertiary/aromatic N) is 2. The van der Waals surface area contributed by atoms with Crippen LogP contribution in [0.4, 0.5) is 0 Å². The van der Waals surface area contributed by atoms with Gasteiger partial charge in [0, 0.05) is 42.1 Å². The molecule has 21 heavy (non-hydrogen) atoms. The van der Waals surface area contributed by atoms with E-state index in [9.17, 15) is 4.79 Å². The van der Waals surface area contributed by atoms with Gasteiger partial charge in [0.2, 0.25) is 6.41 Å². The number of fused-ring (bicyclic) bond motifs is 3. The summed E-state index contributed by atoms with van der Waals surface area (Å²) < 4.78 is 2.49. The Kier molecular flexibility index (Phi) is 2.84. The van der Waals surface area contributed by atoms with Crippen LogP contribution in [0.15, 0.2) is 24.3 Å². The zero-order valence-corrected chi connectivity index (χ0v) is 12.7. The van der Waals surface area contributed by atoms with Gasteiger partial charge in [-0.15, -0.1) is 0 Å². The van der Waals surface area contributed by atoms with E-state index in [1.54, 1.807) is 5.56 Å². The molecule has 3 aliphatic rings. The van der Waals surface area contributed by atoms with Crippen molar-refractivity contribution in [3.8, 4) is 0 Å². The Hall–Kier alpha value is -1.77. The summed E-state index contributed by atoms with van der Waals surface area (Å²) in [6.45, 7) is 3.24. The molecule has 0 N–H and O–H groups in total. The van der Waals surface area contributed by atoms with Crippen molar-refractivity contribution in [1.82, 2.24) is 9.47 Å². The van der Waals surface area contributed by atoms with Crippen molar-refractivity contribution in [3.05, 3.63) is 35.5 Å². The van der Waals surface area contributed by atoms with Gasteiger partial charge in [0.1, 0.15) is 0 Å². The molecular weight excluding hydrogens is 260 g/mol. The molecule has 0 radical (unpaired) electrons. The Morgan fingerprint density at radius 2 is 2.14 bits per heavy atom. The summed E-state index contributed by atoms with van der Waals surface area (Å²) in [4.78, 5) is 13.1. The zero-order valence-electron chi connectivity index (χ0n) is 12.7. The second-order valence-electron chi connectivity index (χ2n) is 6.52. The van der Waals surface area contributed by atoms with Gasteiger partial charge in [0.25, 0.3) is 0 Å². The minimum atomic E-state index is 0.378. The highest BCUT2D eigenvalue weighted by atomic mass is 16.1. The molecule has 0 spiro atoms. The fraction of sp³-hybridized carbons (Fsp3) is 0.500. The summed E-state index contributed by atoms with van der Waals surface area (Å²) in [5.41, 5.74) is 4.47. The van der Waals surface area contributed by atoms with Gasteiger partial charge >= 0.3 is 0 Å². The monoisotopic (exact) mass is 282 g/mol. The van der Waals surface area contributed by atoms with Crippen LogP contribution in [0.3, 0.4) is 0 Å². The van der Waals surface area contributed by atoms with E-state index in [-0.39, 0.29) is 0 Å². The average molecular weight is 282 g/mol. The number of carbonyl (C=O) groups excluding carboxylic acids is 1. The van der Waals surface area contributed by atoms with Crippen molar-refractivity contribution in [1.29, 1.82) is 0 Å². The first-order chi connectivity index (χ1) is 10.3. The van der Waals surface area contributed by atoms with Crippen LogP contribution in [0, 0.1) is 0 Å². The van der Waals surface area contributed by atoms with E-state index >= 15 is 0 Å². The van der Waals surface area contributed by atoms with E-state index in [0.717, 1.165) is 19.4 Å². The van der Waals surface area contributed by atoms with Crippen molar-refractivity contribution >= 4 is 17.3 Å². The quantitative estimate of drug-likeness (QED) is 0.791. The topological polar surface area (TPSA) is 25.2 Å². The molecule has 3 unspecified atom stereocenters. The summed E-state index contributed by atoms with van der Waals surface area (Å²) in [6, 6.07) is 9.19. The van der Waals surface area contributed by atoms with Crippen LogP contribution < -0.4 is 0 Å². The lowest BCUT2D eigenvalue weighted by molar-refractivity contribution is -0.120. The Bertz CT molecular complexity index is 703. The normalized spacial score (nSPS) is 26.9. The first kappa shape index (κ1) is 12.9. The van der Waals surface area contributed by atoms with E-state index in [0.29, 0.717) is 17.9 Å². The van der Waals surface area contributed by atoms with Crippen molar-refractivity contribution < 1.29 is 4.79 Å². The maximum Gasteiger partial charge on any atom is 0.209 e. The summed E-state index contributed by atoms with van der Waals surface area (Å²) >= 11 is 0. The fourth-order valence-electron chi connectivity index (χ4n) is 4.78. The number of aryl methyl sites for hydroxylation is 1. The molecule has 3 nitrogen and oxygen atoms in total. The Morgan fingerprint density at radius 3 is 2.90 bits per heavy atom. The molecule has 0 aliphatic heterocycles. The lowest BCUT2D eigenvalue weighted by atomic mass is 9.66. The van der Waals surface area contributed by atoms with E-state index < -0.39 is 0 Å². The molecule has 1 heterocycles. The van der Waals surface area contributed by atoms with Crippen LogP contribution in [0.1, 0.15) is 49.3 Å². The van der Waals surface area contributed by atoms with Crippen LogP contribution >= 0.6 is 0 Å². The second-order valence-corrected chi connectivity index (χ2v) is 6.52. The standard InChI is InChI=1S/C18H22N2O/c1-3-20-15-7-5-4-6-13(15)17-12-8-9-14(18(17)20)16(10-12)19(2)11-21/h4-7,11-12,14,16H,3,8-10H2,1-2H3. The van der Waals surface area contributed by atoms with Gasteiger partial charge in [-0.2, -0.15) is 0 Å². The third kappa shape index (κ3) is 1.63. The molecule has 1 saturated carbocycles. The predicted molar refractivity (Wildman–Crippen MR) is 84.6 cm³/mol. The van der Waals surface area contributed by atoms with Crippen molar-refractivity contribution in [3.63, 3.8) is 0 Å². The van der Waals surface area contributed by atoms with Crippen LogP contribution in [-0.2, 0) is 11.3 Å². The van der Waals surface area contributed by atoms with Gasteiger partial charge in [0.15, 0.2) is 0 Å². The third-order valence-electron chi connectivity index (χ3n) is 5.63. The maximum absolute atomic E-state index is 11.2. The van der Waals surface area contributed by atoms with Gasteiger partial charge in [-0.05, 0) is 43.7 Å². The van der Waals surface area contributed by atoms with Crippen molar-refractivity contribution in [2.75, 3.05) is 7.05 Å². The minimum absolute atomic E-state index is 0.378. The molecule has 2 bridgehead atoms. The molecule has 1 fully saturated rings. The van der Waals surface area contributed by atoms with Gasteiger partial charge < -0.3 is 9.47 Å². The minimum Gasteiger partial charge on any atom is -0.345 e. The van der Waals surface area contributed by atoms with Gasteiger partial charge in [-0.3, -0.25) is 4.79 Å². The number of hydrogen-bond acceptors (Lipinski definition) is 1. The van der Waals surface area contributed by atoms with Crippen LogP contribution in [0.25, 0.3) is 10.9 Å².